The van der Waals surface area contributed by atoms with Crippen molar-refractivity contribution >= 4 is 17.5 Å². The fraction of sp³-hybridized carbons (Fsp3) is 0.125. The quantitative estimate of drug-likeness (QED) is 0.604. The Labute approximate surface area is 82.5 Å². The fourth-order valence-electron chi connectivity index (χ4n) is 0.886. The van der Waals surface area contributed by atoms with Crippen LogP contribution in [-0.2, 0) is 4.79 Å². The summed E-state index contributed by atoms with van der Waals surface area (Å²) in [5.41, 5.74) is 4.58. The van der Waals surface area contributed by atoms with Crippen LogP contribution in [0, 0.1) is 17.5 Å². The van der Waals surface area contributed by atoms with Crippen molar-refractivity contribution in [3.8, 4) is 0 Å². The zero-order valence-corrected chi connectivity index (χ0v) is 7.49. The highest BCUT2D eigenvalue weighted by molar-refractivity contribution is 6.30. The number of halogens is 4. The summed E-state index contributed by atoms with van der Waals surface area (Å²) in [4.78, 5) is 10.6. The number of nitrogens with two attached hydrogens (primary N) is 1. The van der Waals surface area contributed by atoms with E-state index in [4.69, 9.17) is 17.3 Å². The van der Waals surface area contributed by atoms with Crippen molar-refractivity contribution < 1.29 is 18.0 Å². The standard InChI is InChI=1S/C8H5ClF3NO/c9-6(8(13)14)3-1-4(10)7(12)5(11)2-3/h1-2,6H,(H2,13,14). The van der Waals surface area contributed by atoms with Gasteiger partial charge in [0.15, 0.2) is 17.5 Å². The first kappa shape index (κ1) is 10.8. The Morgan fingerprint density at radius 2 is 1.71 bits per heavy atom. The number of benzene rings is 1. The lowest BCUT2D eigenvalue weighted by molar-refractivity contribution is -0.117. The maximum absolute atomic E-state index is 12.6. The minimum absolute atomic E-state index is 0.212. The molecule has 0 aliphatic carbocycles. The monoisotopic (exact) mass is 223 g/mol. The molecular weight excluding hydrogens is 219 g/mol. The second kappa shape index (κ2) is 3.88. The largest absolute Gasteiger partial charge is 0.368 e. The second-order valence-corrected chi connectivity index (χ2v) is 3.00. The molecular formula is C8H5ClF3NO. The van der Waals surface area contributed by atoms with Crippen molar-refractivity contribution in [3.63, 3.8) is 0 Å². The predicted molar refractivity (Wildman–Crippen MR) is 44.1 cm³/mol. The molecule has 2 nitrogen and oxygen atoms in total. The molecule has 6 heteroatoms. The van der Waals surface area contributed by atoms with E-state index in [1.165, 1.54) is 0 Å². The Balaban J connectivity index is 3.19. The third kappa shape index (κ3) is 1.98. The van der Waals surface area contributed by atoms with Crippen LogP contribution in [0.4, 0.5) is 13.2 Å². The van der Waals surface area contributed by atoms with Crippen LogP contribution in [-0.4, -0.2) is 5.91 Å². The second-order valence-electron chi connectivity index (χ2n) is 2.56. The minimum atomic E-state index is -1.61. The molecule has 2 N–H and O–H groups in total. The van der Waals surface area contributed by atoms with Gasteiger partial charge in [0.25, 0.3) is 0 Å². The molecule has 1 unspecified atom stereocenters. The molecule has 0 heterocycles. The number of rotatable bonds is 2. The first-order chi connectivity index (χ1) is 6.43. The highest BCUT2D eigenvalue weighted by Gasteiger charge is 2.19. The molecule has 1 rings (SSSR count). The van der Waals surface area contributed by atoms with Crippen LogP contribution in [0.1, 0.15) is 10.9 Å². The zero-order chi connectivity index (χ0) is 10.9. The van der Waals surface area contributed by atoms with Gasteiger partial charge < -0.3 is 5.73 Å². The summed E-state index contributed by atoms with van der Waals surface area (Å²) in [7, 11) is 0. The Kier molecular flexibility index (Phi) is 3.00. The number of carbonyl (C=O) groups excluding carboxylic acids is 1. The summed E-state index contributed by atoms with van der Waals surface area (Å²) in [5, 5.41) is -1.38. The van der Waals surface area contributed by atoms with E-state index in [1.54, 1.807) is 0 Å². The molecule has 0 aliphatic rings. The van der Waals surface area contributed by atoms with E-state index in [9.17, 15) is 18.0 Å². The average Bonchev–Trinajstić information content (AvgIpc) is 2.12. The normalized spacial score (nSPS) is 12.6. The van der Waals surface area contributed by atoms with Gasteiger partial charge in [0, 0.05) is 0 Å². The summed E-state index contributed by atoms with van der Waals surface area (Å²) in [6, 6.07) is 1.25. The van der Waals surface area contributed by atoms with E-state index in [0.717, 1.165) is 0 Å². The van der Waals surface area contributed by atoms with Gasteiger partial charge in [-0.25, -0.2) is 13.2 Å². The summed E-state index contributed by atoms with van der Waals surface area (Å²) in [6.45, 7) is 0. The van der Waals surface area contributed by atoms with E-state index in [0.29, 0.717) is 12.1 Å². The lowest BCUT2D eigenvalue weighted by Crippen LogP contribution is -2.17. The zero-order valence-electron chi connectivity index (χ0n) is 6.73. The molecule has 1 atom stereocenters. The fourth-order valence-corrected chi connectivity index (χ4v) is 1.01. The number of hydrogen-bond donors (Lipinski definition) is 1. The maximum atomic E-state index is 12.6. The first-order valence-corrected chi connectivity index (χ1v) is 3.95. The van der Waals surface area contributed by atoms with Crippen LogP contribution < -0.4 is 5.73 Å². The van der Waals surface area contributed by atoms with Crippen LogP contribution in [0.25, 0.3) is 0 Å². The van der Waals surface area contributed by atoms with Gasteiger partial charge >= 0.3 is 0 Å². The minimum Gasteiger partial charge on any atom is -0.368 e. The molecule has 76 valence electrons. The topological polar surface area (TPSA) is 43.1 Å². The Morgan fingerprint density at radius 3 is 2.07 bits per heavy atom. The van der Waals surface area contributed by atoms with Crippen molar-refractivity contribution in [2.45, 2.75) is 5.38 Å². The van der Waals surface area contributed by atoms with E-state index < -0.39 is 28.7 Å². The average molecular weight is 224 g/mol. The van der Waals surface area contributed by atoms with E-state index in [1.807, 2.05) is 0 Å². The molecule has 1 amide bonds. The summed E-state index contributed by atoms with van der Waals surface area (Å²) < 4.78 is 37.7. The molecule has 0 aromatic heterocycles. The van der Waals surface area contributed by atoms with Crippen molar-refractivity contribution in [2.75, 3.05) is 0 Å². The molecule has 0 spiro atoms. The van der Waals surface area contributed by atoms with Gasteiger partial charge in [-0.1, -0.05) is 0 Å². The van der Waals surface area contributed by atoms with Crippen LogP contribution in [0.2, 0.25) is 0 Å². The van der Waals surface area contributed by atoms with Crippen molar-refractivity contribution in [1.82, 2.24) is 0 Å². The van der Waals surface area contributed by atoms with Gasteiger partial charge in [-0.3, -0.25) is 4.79 Å². The summed E-state index contributed by atoms with van der Waals surface area (Å²) in [6.07, 6.45) is 0. The van der Waals surface area contributed by atoms with E-state index in [-0.39, 0.29) is 5.56 Å². The van der Waals surface area contributed by atoms with Gasteiger partial charge in [0.1, 0.15) is 5.38 Å². The Bertz CT molecular complexity index is 360. The molecule has 14 heavy (non-hydrogen) atoms. The van der Waals surface area contributed by atoms with Gasteiger partial charge in [0.05, 0.1) is 0 Å². The SMILES string of the molecule is NC(=O)C(Cl)c1cc(F)c(F)c(F)c1. The molecule has 0 aliphatic heterocycles. The highest BCUT2D eigenvalue weighted by Crippen LogP contribution is 2.23. The third-order valence-electron chi connectivity index (χ3n) is 1.55. The molecule has 0 saturated carbocycles. The van der Waals surface area contributed by atoms with E-state index in [2.05, 4.69) is 0 Å². The molecule has 1 aromatic carbocycles. The Hall–Kier alpha value is -1.23. The van der Waals surface area contributed by atoms with Crippen LogP contribution >= 0.6 is 11.6 Å². The molecule has 0 fully saturated rings. The smallest absolute Gasteiger partial charge is 0.240 e. The van der Waals surface area contributed by atoms with Crippen LogP contribution in [0.5, 0.6) is 0 Å². The van der Waals surface area contributed by atoms with Crippen molar-refractivity contribution in [1.29, 1.82) is 0 Å². The van der Waals surface area contributed by atoms with E-state index >= 15 is 0 Å². The number of primary amides is 1. The highest BCUT2D eigenvalue weighted by atomic mass is 35.5. The van der Waals surface area contributed by atoms with Crippen molar-refractivity contribution in [3.05, 3.63) is 35.1 Å². The van der Waals surface area contributed by atoms with Crippen molar-refractivity contribution in [2.24, 2.45) is 5.73 Å². The molecule has 0 bridgehead atoms. The summed E-state index contributed by atoms with van der Waals surface area (Å²) >= 11 is 5.41. The number of carbonyl (C=O) groups is 1. The van der Waals surface area contributed by atoms with Gasteiger partial charge in [-0.05, 0) is 17.7 Å². The third-order valence-corrected chi connectivity index (χ3v) is 2.02. The van der Waals surface area contributed by atoms with Gasteiger partial charge in [-0.15, -0.1) is 11.6 Å². The van der Waals surface area contributed by atoms with Gasteiger partial charge in [-0.2, -0.15) is 0 Å². The van der Waals surface area contributed by atoms with Crippen LogP contribution in [0.15, 0.2) is 12.1 Å². The summed E-state index contributed by atoms with van der Waals surface area (Å²) in [5.74, 6) is -5.39. The maximum Gasteiger partial charge on any atom is 0.240 e. The first-order valence-electron chi connectivity index (χ1n) is 3.51. The lowest BCUT2D eigenvalue weighted by Gasteiger charge is -2.06. The number of alkyl halides is 1. The molecule has 0 radical (unpaired) electrons. The molecule has 1 aromatic rings. The molecule has 0 saturated heterocycles. The van der Waals surface area contributed by atoms with Gasteiger partial charge in [0.2, 0.25) is 5.91 Å². The number of amides is 1. The van der Waals surface area contributed by atoms with Crippen LogP contribution in [0.3, 0.4) is 0 Å². The lowest BCUT2D eigenvalue weighted by atomic mass is 10.1. The number of hydrogen-bond acceptors (Lipinski definition) is 1. The Morgan fingerprint density at radius 1 is 1.29 bits per heavy atom. The predicted octanol–water partition coefficient (Wildman–Crippen LogP) is 1.87.